The van der Waals surface area contributed by atoms with Gasteiger partial charge in [0.15, 0.2) is 11.5 Å². The summed E-state index contributed by atoms with van der Waals surface area (Å²) in [6.07, 6.45) is 0. The van der Waals surface area contributed by atoms with Crippen LogP contribution in [0.4, 0.5) is 0 Å². The van der Waals surface area contributed by atoms with E-state index in [1.807, 2.05) is 33.8 Å². The van der Waals surface area contributed by atoms with Crippen molar-refractivity contribution < 1.29 is 23.0 Å². The summed E-state index contributed by atoms with van der Waals surface area (Å²) in [4.78, 5) is 2.64. The largest absolute Gasteiger partial charge is 0.502 e. The zero-order valence-corrected chi connectivity index (χ0v) is 20.0. The number of phenols is 1. The highest BCUT2D eigenvalue weighted by molar-refractivity contribution is 7.89. The summed E-state index contributed by atoms with van der Waals surface area (Å²) in [6, 6.07) is 5.61. The number of benzene rings is 2. The summed E-state index contributed by atoms with van der Waals surface area (Å²) in [5.41, 5.74) is 4.58. The molecule has 1 aliphatic rings. The molecule has 1 aliphatic heterocycles. The van der Waals surface area contributed by atoms with Crippen molar-refractivity contribution in [3.63, 3.8) is 0 Å². The van der Waals surface area contributed by atoms with Gasteiger partial charge >= 0.3 is 0 Å². The first-order chi connectivity index (χ1) is 14.6. The van der Waals surface area contributed by atoms with Crippen LogP contribution in [0.3, 0.4) is 0 Å². The third kappa shape index (κ3) is 4.51. The highest BCUT2D eigenvalue weighted by Gasteiger charge is 2.32. The van der Waals surface area contributed by atoms with Crippen LogP contribution in [0.2, 0.25) is 0 Å². The van der Waals surface area contributed by atoms with Gasteiger partial charge in [-0.1, -0.05) is 6.07 Å². The molecule has 0 bridgehead atoms. The van der Waals surface area contributed by atoms with Gasteiger partial charge in [0.05, 0.1) is 19.1 Å². The average molecular weight is 449 g/mol. The number of nitrogens with zero attached hydrogens (tertiary/aromatic N) is 2. The van der Waals surface area contributed by atoms with Crippen LogP contribution in [0.1, 0.15) is 27.8 Å². The van der Waals surface area contributed by atoms with Crippen molar-refractivity contribution in [1.82, 2.24) is 9.21 Å². The van der Waals surface area contributed by atoms with Crippen LogP contribution in [0.15, 0.2) is 23.1 Å². The molecule has 2 aromatic carbocycles. The van der Waals surface area contributed by atoms with Crippen molar-refractivity contribution in [1.29, 1.82) is 0 Å². The third-order valence-electron chi connectivity index (χ3n) is 6.17. The van der Waals surface area contributed by atoms with Crippen LogP contribution in [-0.2, 0) is 16.6 Å². The van der Waals surface area contributed by atoms with Gasteiger partial charge in [-0.2, -0.15) is 4.31 Å². The Labute approximate surface area is 185 Å². The van der Waals surface area contributed by atoms with Crippen LogP contribution in [0.5, 0.6) is 17.2 Å². The number of ether oxygens (including phenoxy) is 2. The number of sulfonamides is 1. The number of methoxy groups -OCH3 is 2. The molecule has 0 amide bonds. The summed E-state index contributed by atoms with van der Waals surface area (Å²) < 4.78 is 39.0. The standard InChI is InChI=1S/C23H32N2O5S/c1-15-11-16(2)18(4)23(17(15)3)31(27,28)25-9-7-24(8-10-25)14-19-12-20(29-5)22(26)21(13-19)30-6/h11-13,26H,7-10,14H2,1-6H3. The molecule has 3 rings (SSSR count). The normalized spacial score (nSPS) is 15.8. The van der Waals surface area contributed by atoms with E-state index < -0.39 is 10.0 Å². The predicted octanol–water partition coefficient (Wildman–Crippen LogP) is 3.15. The number of phenolic OH excluding ortho intramolecular Hbond substituents is 1. The van der Waals surface area contributed by atoms with Crippen LogP contribution in [-0.4, -0.2) is 63.1 Å². The maximum absolute atomic E-state index is 13.4. The lowest BCUT2D eigenvalue weighted by Crippen LogP contribution is -2.48. The van der Waals surface area contributed by atoms with Crippen molar-refractivity contribution >= 4 is 10.0 Å². The van der Waals surface area contributed by atoms with Gasteiger partial charge in [0.2, 0.25) is 15.8 Å². The number of aromatic hydroxyl groups is 1. The van der Waals surface area contributed by atoms with Crippen molar-refractivity contribution in [2.24, 2.45) is 0 Å². The molecule has 1 N–H and O–H groups in total. The first kappa shape index (κ1) is 23.4. The first-order valence-electron chi connectivity index (χ1n) is 10.3. The van der Waals surface area contributed by atoms with E-state index in [0.29, 0.717) is 49.1 Å². The molecule has 1 heterocycles. The van der Waals surface area contributed by atoms with E-state index in [1.165, 1.54) is 14.2 Å². The molecule has 170 valence electrons. The zero-order valence-electron chi connectivity index (χ0n) is 19.2. The van der Waals surface area contributed by atoms with E-state index in [-0.39, 0.29) is 5.75 Å². The van der Waals surface area contributed by atoms with Gasteiger partial charge in [-0.15, -0.1) is 0 Å². The minimum atomic E-state index is -3.56. The van der Waals surface area contributed by atoms with E-state index >= 15 is 0 Å². The van der Waals surface area contributed by atoms with Gasteiger partial charge in [-0.05, 0) is 67.6 Å². The maximum atomic E-state index is 13.4. The molecule has 31 heavy (non-hydrogen) atoms. The van der Waals surface area contributed by atoms with Crippen molar-refractivity contribution in [3.8, 4) is 17.2 Å². The van der Waals surface area contributed by atoms with Gasteiger partial charge in [0, 0.05) is 32.7 Å². The Balaban J connectivity index is 1.76. The Kier molecular flexibility index (Phi) is 6.83. The fourth-order valence-electron chi connectivity index (χ4n) is 4.12. The quantitative estimate of drug-likeness (QED) is 0.731. The van der Waals surface area contributed by atoms with Crippen molar-refractivity contribution in [2.45, 2.75) is 39.1 Å². The summed E-state index contributed by atoms with van der Waals surface area (Å²) in [6.45, 7) is 10.4. The van der Waals surface area contributed by atoms with Crippen molar-refractivity contribution in [3.05, 3.63) is 46.0 Å². The molecular weight excluding hydrogens is 416 g/mol. The predicted molar refractivity (Wildman–Crippen MR) is 121 cm³/mol. The Morgan fingerprint density at radius 2 is 1.35 bits per heavy atom. The second-order valence-electron chi connectivity index (χ2n) is 8.12. The summed E-state index contributed by atoms with van der Waals surface area (Å²) in [5, 5.41) is 10.1. The van der Waals surface area contributed by atoms with Gasteiger partial charge in [-0.25, -0.2) is 8.42 Å². The molecule has 1 fully saturated rings. The lowest BCUT2D eigenvalue weighted by atomic mass is 10.0. The fraction of sp³-hybridized carbons (Fsp3) is 0.478. The highest BCUT2D eigenvalue weighted by atomic mass is 32.2. The SMILES string of the molecule is COc1cc(CN2CCN(S(=O)(=O)c3c(C)c(C)cc(C)c3C)CC2)cc(OC)c1O. The molecule has 0 atom stereocenters. The number of aryl methyl sites for hydroxylation is 2. The van der Waals surface area contributed by atoms with Gasteiger partial charge < -0.3 is 14.6 Å². The molecule has 0 radical (unpaired) electrons. The van der Waals surface area contributed by atoms with E-state index in [4.69, 9.17) is 9.47 Å². The summed E-state index contributed by atoms with van der Waals surface area (Å²) in [7, 11) is -0.560. The van der Waals surface area contributed by atoms with Gasteiger partial charge in [0.1, 0.15) is 0 Å². The topological polar surface area (TPSA) is 79.3 Å². The third-order valence-corrected chi connectivity index (χ3v) is 8.35. The minimum absolute atomic E-state index is 0.0242. The molecular formula is C23H32N2O5S. The van der Waals surface area contributed by atoms with Crippen molar-refractivity contribution in [2.75, 3.05) is 40.4 Å². The first-order valence-corrected chi connectivity index (χ1v) is 11.8. The maximum Gasteiger partial charge on any atom is 0.243 e. The number of hydrogen-bond donors (Lipinski definition) is 1. The van der Waals surface area contributed by atoms with Crippen LogP contribution >= 0.6 is 0 Å². The van der Waals surface area contributed by atoms with Gasteiger partial charge in [-0.3, -0.25) is 4.90 Å². The lowest BCUT2D eigenvalue weighted by Gasteiger charge is -2.35. The Bertz CT molecular complexity index is 1020. The molecule has 2 aromatic rings. The van der Waals surface area contributed by atoms with E-state index in [0.717, 1.165) is 27.8 Å². The summed E-state index contributed by atoms with van der Waals surface area (Å²) in [5.74, 6) is 0.691. The second kappa shape index (κ2) is 9.06. The molecule has 0 unspecified atom stereocenters. The van der Waals surface area contributed by atoms with Crippen LogP contribution in [0.25, 0.3) is 0 Å². The Morgan fingerprint density at radius 1 is 0.871 bits per heavy atom. The van der Waals surface area contributed by atoms with E-state index in [1.54, 1.807) is 16.4 Å². The Hall–Kier alpha value is -2.29. The Morgan fingerprint density at radius 3 is 1.81 bits per heavy atom. The van der Waals surface area contributed by atoms with Crippen LogP contribution < -0.4 is 9.47 Å². The zero-order chi connectivity index (χ0) is 22.9. The smallest absolute Gasteiger partial charge is 0.243 e. The number of piperazine rings is 1. The molecule has 0 saturated carbocycles. The monoisotopic (exact) mass is 448 g/mol. The molecule has 0 spiro atoms. The van der Waals surface area contributed by atoms with Gasteiger partial charge in [0.25, 0.3) is 0 Å². The minimum Gasteiger partial charge on any atom is -0.502 e. The van der Waals surface area contributed by atoms with E-state index in [2.05, 4.69) is 4.90 Å². The molecule has 0 aromatic heterocycles. The van der Waals surface area contributed by atoms with Crippen LogP contribution in [0, 0.1) is 27.7 Å². The number of hydrogen-bond acceptors (Lipinski definition) is 6. The number of rotatable bonds is 6. The molecule has 7 nitrogen and oxygen atoms in total. The average Bonchev–Trinajstić information content (AvgIpc) is 2.73. The molecule has 8 heteroatoms. The second-order valence-corrected chi connectivity index (χ2v) is 9.99. The van der Waals surface area contributed by atoms with E-state index in [9.17, 15) is 13.5 Å². The molecule has 0 aliphatic carbocycles. The molecule has 1 saturated heterocycles. The summed E-state index contributed by atoms with van der Waals surface area (Å²) >= 11 is 0. The highest BCUT2D eigenvalue weighted by Crippen LogP contribution is 2.37. The fourth-order valence-corrected chi connectivity index (χ4v) is 6.12. The lowest BCUT2D eigenvalue weighted by molar-refractivity contribution is 0.181.